The Morgan fingerprint density at radius 3 is 2.57 bits per heavy atom. The van der Waals surface area contributed by atoms with Crippen LogP contribution in [0.2, 0.25) is 25.7 Å². The molecule has 1 amide bonds. The predicted octanol–water partition coefficient (Wildman–Crippen LogP) is 9.23. The highest BCUT2D eigenvalue weighted by molar-refractivity contribution is 7.16. The number of likely N-dealkylation sites (N-methyl/N-ethyl adjacent to an activating group) is 1. The number of thiazole rings is 2. The molecule has 0 unspecified atom stereocenters. The maximum absolute atomic E-state index is 15.0. The molecule has 4 heterocycles. The number of aromatic nitrogens is 4. The standard InChI is InChI=1S/C43H56FN7O6S2Si/c1-28-30-14-12-21-50(38(30)48-47-37(28)46-41-51(27-55-24-25-60(7,8)9)32-15-10-11-16-34(32)58-41)40-45-36(39(52)54-6)35(59-40)17-13-23-56-33-19-18-29(26-31(33)44)20-22-49(5)42(53)57-43(2,3)4/h10-11,15-16,18-19,26H,12-14,17,20-25,27H2,1-9H3/b46-41-. The highest BCUT2D eigenvalue weighted by Crippen LogP contribution is 2.39. The number of fused-ring (bicyclic) bond motifs is 2. The molecule has 17 heteroatoms. The molecule has 0 radical (unpaired) electrons. The molecule has 0 bridgehead atoms. The van der Waals surface area contributed by atoms with E-state index < -0.39 is 31.6 Å². The van der Waals surface area contributed by atoms with Gasteiger partial charge in [0.05, 0.1) is 23.9 Å². The van der Waals surface area contributed by atoms with Crippen LogP contribution in [0.5, 0.6) is 5.75 Å². The SMILES string of the molecule is COC(=O)c1nc(N2CCCc3c2nnc(/N=c2\sc4ccccc4n2COCC[Si](C)(C)C)c3C)sc1CCCOc1ccc(CCN(C)C(=O)OC(C)(C)C)cc1F. The third-order valence-electron chi connectivity index (χ3n) is 9.91. The molecule has 13 nitrogen and oxygen atoms in total. The molecule has 0 fully saturated rings. The van der Waals surface area contributed by atoms with E-state index in [1.165, 1.54) is 29.4 Å². The first-order valence-corrected chi connectivity index (χ1v) is 25.6. The molecule has 6 rings (SSSR count). The van der Waals surface area contributed by atoms with Gasteiger partial charge in [0.25, 0.3) is 0 Å². The Hall–Kier alpha value is -4.71. The number of esters is 1. The number of rotatable bonds is 16. The van der Waals surface area contributed by atoms with Crippen LogP contribution in [0.15, 0.2) is 47.5 Å². The monoisotopic (exact) mass is 877 g/mol. The Bertz CT molecular complexity index is 2390. The van der Waals surface area contributed by atoms with Gasteiger partial charge in [0.1, 0.15) is 12.3 Å². The van der Waals surface area contributed by atoms with Crippen molar-refractivity contribution in [3.8, 4) is 5.75 Å². The molecule has 0 saturated carbocycles. The van der Waals surface area contributed by atoms with E-state index in [4.69, 9.17) is 34.0 Å². The zero-order valence-corrected chi connectivity index (χ0v) is 38.7. The van der Waals surface area contributed by atoms with E-state index in [9.17, 15) is 9.59 Å². The normalized spacial score (nSPS) is 13.4. The number of para-hydroxylation sites is 1. The van der Waals surface area contributed by atoms with E-state index in [1.54, 1.807) is 30.5 Å². The molecular formula is C43H56FN7O6S2Si. The van der Waals surface area contributed by atoms with Gasteiger partial charge in [0.2, 0.25) is 0 Å². The van der Waals surface area contributed by atoms with Gasteiger partial charge in [-0.2, -0.15) is 4.99 Å². The van der Waals surface area contributed by atoms with Gasteiger partial charge in [-0.25, -0.2) is 19.0 Å². The average molecular weight is 878 g/mol. The minimum atomic E-state index is -1.23. The molecule has 2 aromatic carbocycles. The Morgan fingerprint density at radius 1 is 1.05 bits per heavy atom. The summed E-state index contributed by atoms with van der Waals surface area (Å²) in [6.07, 6.45) is 2.67. The van der Waals surface area contributed by atoms with Gasteiger partial charge in [-0.3, -0.25) is 4.57 Å². The van der Waals surface area contributed by atoms with E-state index >= 15 is 4.39 Å². The number of benzene rings is 2. The second kappa shape index (κ2) is 19.3. The van der Waals surface area contributed by atoms with Crippen LogP contribution in [0.3, 0.4) is 0 Å². The summed E-state index contributed by atoms with van der Waals surface area (Å²) in [5.41, 5.74) is 3.44. The van der Waals surface area contributed by atoms with E-state index in [1.807, 2.05) is 44.7 Å². The van der Waals surface area contributed by atoms with Crippen molar-refractivity contribution in [1.29, 1.82) is 0 Å². The van der Waals surface area contributed by atoms with Crippen molar-refractivity contribution in [2.24, 2.45) is 4.99 Å². The van der Waals surface area contributed by atoms with Crippen molar-refractivity contribution in [2.75, 3.05) is 45.4 Å². The predicted molar refractivity (Wildman–Crippen MR) is 237 cm³/mol. The Balaban J connectivity index is 1.14. The lowest BCUT2D eigenvalue weighted by molar-refractivity contribution is 0.0300. The molecular weight excluding hydrogens is 822 g/mol. The first-order valence-electron chi connectivity index (χ1n) is 20.3. The van der Waals surface area contributed by atoms with E-state index in [0.717, 1.165) is 55.5 Å². The lowest BCUT2D eigenvalue weighted by Crippen LogP contribution is -2.35. The molecule has 0 N–H and O–H groups in total. The molecule has 0 atom stereocenters. The Labute approximate surface area is 360 Å². The smallest absolute Gasteiger partial charge is 0.410 e. The number of hydrogen-bond donors (Lipinski definition) is 0. The summed E-state index contributed by atoms with van der Waals surface area (Å²) in [6, 6.07) is 14.1. The molecule has 322 valence electrons. The third-order valence-corrected chi connectivity index (χ3v) is 13.8. The first kappa shape index (κ1) is 44.8. The van der Waals surface area contributed by atoms with Crippen LogP contribution >= 0.6 is 22.7 Å². The van der Waals surface area contributed by atoms with Crippen LogP contribution < -0.4 is 14.4 Å². The molecule has 0 spiro atoms. The van der Waals surface area contributed by atoms with Crippen molar-refractivity contribution in [2.45, 2.75) is 97.8 Å². The number of carbonyl (C=O) groups is 2. The number of carbonyl (C=O) groups excluding carboxylic acids is 2. The van der Waals surface area contributed by atoms with Crippen LogP contribution in [-0.2, 0) is 40.2 Å². The topological polar surface area (TPSA) is 134 Å². The number of ether oxygens (including phenoxy) is 4. The summed E-state index contributed by atoms with van der Waals surface area (Å²) >= 11 is 3.01. The van der Waals surface area contributed by atoms with Crippen LogP contribution in [0, 0.1) is 12.7 Å². The fourth-order valence-corrected chi connectivity index (χ4v) is 9.45. The van der Waals surface area contributed by atoms with Crippen molar-refractivity contribution in [3.05, 3.63) is 80.3 Å². The number of anilines is 2. The summed E-state index contributed by atoms with van der Waals surface area (Å²) in [6.45, 7) is 16.9. The molecule has 3 aromatic heterocycles. The molecule has 5 aromatic rings. The van der Waals surface area contributed by atoms with Gasteiger partial charge in [-0.1, -0.05) is 49.2 Å². The van der Waals surface area contributed by atoms with Crippen molar-refractivity contribution in [3.63, 3.8) is 0 Å². The number of nitrogens with zero attached hydrogens (tertiary/aromatic N) is 7. The summed E-state index contributed by atoms with van der Waals surface area (Å²) in [4.78, 5) is 40.1. The minimum Gasteiger partial charge on any atom is -0.491 e. The molecule has 0 aliphatic carbocycles. The first-order chi connectivity index (χ1) is 28.5. The molecule has 1 aliphatic heterocycles. The minimum absolute atomic E-state index is 0.135. The lowest BCUT2D eigenvalue weighted by atomic mass is 10.0. The highest BCUT2D eigenvalue weighted by Gasteiger charge is 2.29. The van der Waals surface area contributed by atoms with Gasteiger partial charge in [-0.15, -0.1) is 21.5 Å². The van der Waals surface area contributed by atoms with Gasteiger partial charge in [0.15, 0.2) is 38.8 Å². The second-order valence-electron chi connectivity index (χ2n) is 17.1. The van der Waals surface area contributed by atoms with Gasteiger partial charge in [-0.05, 0) is 95.7 Å². The van der Waals surface area contributed by atoms with Crippen molar-refractivity contribution >= 4 is 69.8 Å². The fraction of sp³-hybridized carbons (Fsp3) is 0.488. The van der Waals surface area contributed by atoms with E-state index in [0.29, 0.717) is 62.5 Å². The summed E-state index contributed by atoms with van der Waals surface area (Å²) < 4.78 is 40.8. The number of hydrogen-bond acceptors (Lipinski definition) is 13. The van der Waals surface area contributed by atoms with Crippen LogP contribution in [-0.4, -0.2) is 90.8 Å². The second-order valence-corrected chi connectivity index (χ2v) is 24.8. The number of amides is 1. The zero-order chi connectivity index (χ0) is 43.2. The number of methoxy groups -OCH3 is 1. The molecule has 0 saturated heterocycles. The highest BCUT2D eigenvalue weighted by atomic mass is 32.1. The van der Waals surface area contributed by atoms with E-state index in [-0.39, 0.29) is 18.1 Å². The summed E-state index contributed by atoms with van der Waals surface area (Å²) in [5.74, 6) is 0.387. The molecule has 1 aliphatic rings. The van der Waals surface area contributed by atoms with Gasteiger partial charge < -0.3 is 28.7 Å². The van der Waals surface area contributed by atoms with Crippen LogP contribution in [0.4, 0.5) is 26.0 Å². The average Bonchev–Trinajstić information content (AvgIpc) is 3.78. The van der Waals surface area contributed by atoms with Gasteiger partial charge >= 0.3 is 12.1 Å². The maximum Gasteiger partial charge on any atom is 0.410 e. The largest absolute Gasteiger partial charge is 0.491 e. The summed E-state index contributed by atoms with van der Waals surface area (Å²) in [5, 5.41) is 9.98. The zero-order valence-electron chi connectivity index (χ0n) is 36.1. The van der Waals surface area contributed by atoms with Crippen LogP contribution in [0.25, 0.3) is 10.2 Å². The fourth-order valence-electron chi connectivity index (χ4n) is 6.56. The lowest BCUT2D eigenvalue weighted by Gasteiger charge is -2.28. The number of aryl methyl sites for hydroxylation is 1. The van der Waals surface area contributed by atoms with Gasteiger partial charge in [0, 0.05) is 50.8 Å². The summed E-state index contributed by atoms with van der Waals surface area (Å²) in [7, 11) is 1.76. The van der Waals surface area contributed by atoms with Crippen LogP contribution in [0.1, 0.15) is 65.7 Å². The number of halogens is 1. The quantitative estimate of drug-likeness (QED) is 0.0537. The third kappa shape index (κ3) is 11.4. The van der Waals surface area contributed by atoms with E-state index in [2.05, 4.69) is 41.4 Å². The Morgan fingerprint density at radius 2 is 1.83 bits per heavy atom. The van der Waals surface area contributed by atoms with Crippen molar-refractivity contribution in [1.82, 2.24) is 24.6 Å². The Kier molecular flexibility index (Phi) is 14.4. The van der Waals surface area contributed by atoms with Crippen molar-refractivity contribution < 1.29 is 32.9 Å². The molecule has 60 heavy (non-hydrogen) atoms. The maximum atomic E-state index is 15.0.